The summed E-state index contributed by atoms with van der Waals surface area (Å²) >= 11 is 0. The Balaban J connectivity index is 1.79. The van der Waals surface area contributed by atoms with Gasteiger partial charge in [0.15, 0.2) is 5.76 Å². The van der Waals surface area contributed by atoms with Gasteiger partial charge in [0.1, 0.15) is 11.5 Å². The first kappa shape index (κ1) is 11.0. The van der Waals surface area contributed by atoms with Crippen LogP contribution in [0.15, 0.2) is 27.1 Å². The molecule has 4 heteroatoms. The lowest BCUT2D eigenvalue weighted by molar-refractivity contribution is 0.363. The Hall–Kier alpha value is -1.55. The molecule has 1 N–H and O–H groups in total. The van der Waals surface area contributed by atoms with E-state index in [4.69, 9.17) is 8.94 Å². The van der Waals surface area contributed by atoms with Crippen LogP contribution in [0.1, 0.15) is 29.9 Å². The molecule has 0 aliphatic heterocycles. The molecule has 0 atom stereocenters. The SMILES string of the molecule is CCc1cc(CNCc2ccc(C)o2)on1. The fraction of sp³-hybridized carbons (Fsp3) is 0.417. The summed E-state index contributed by atoms with van der Waals surface area (Å²) in [5.41, 5.74) is 0.991. The van der Waals surface area contributed by atoms with Crippen molar-refractivity contribution in [3.63, 3.8) is 0 Å². The van der Waals surface area contributed by atoms with Crippen LogP contribution in [0.3, 0.4) is 0 Å². The summed E-state index contributed by atoms with van der Waals surface area (Å²) in [4.78, 5) is 0. The number of nitrogens with one attached hydrogen (secondary N) is 1. The van der Waals surface area contributed by atoms with E-state index in [1.165, 1.54) is 0 Å². The van der Waals surface area contributed by atoms with Gasteiger partial charge in [0, 0.05) is 6.07 Å². The molecule has 16 heavy (non-hydrogen) atoms. The van der Waals surface area contributed by atoms with E-state index < -0.39 is 0 Å². The highest BCUT2D eigenvalue weighted by Crippen LogP contribution is 2.07. The van der Waals surface area contributed by atoms with Gasteiger partial charge in [0.25, 0.3) is 0 Å². The van der Waals surface area contributed by atoms with Gasteiger partial charge < -0.3 is 14.3 Å². The third kappa shape index (κ3) is 2.73. The van der Waals surface area contributed by atoms with E-state index in [0.717, 1.165) is 29.4 Å². The van der Waals surface area contributed by atoms with E-state index in [1.807, 2.05) is 25.1 Å². The fourth-order valence-corrected chi connectivity index (χ4v) is 1.49. The second kappa shape index (κ2) is 4.99. The van der Waals surface area contributed by atoms with Gasteiger partial charge in [-0.3, -0.25) is 0 Å². The Bertz CT molecular complexity index is 445. The molecule has 0 fully saturated rings. The van der Waals surface area contributed by atoms with Crippen LogP contribution in [0.25, 0.3) is 0 Å². The molecule has 0 unspecified atom stereocenters. The van der Waals surface area contributed by atoms with Crippen molar-refractivity contribution in [2.24, 2.45) is 0 Å². The zero-order valence-corrected chi connectivity index (χ0v) is 9.62. The number of nitrogens with zero attached hydrogens (tertiary/aromatic N) is 1. The number of furan rings is 1. The van der Waals surface area contributed by atoms with Gasteiger partial charge in [-0.2, -0.15) is 0 Å². The first-order valence-corrected chi connectivity index (χ1v) is 5.48. The van der Waals surface area contributed by atoms with E-state index in [1.54, 1.807) is 0 Å². The van der Waals surface area contributed by atoms with Crippen molar-refractivity contribution in [2.75, 3.05) is 0 Å². The van der Waals surface area contributed by atoms with E-state index in [-0.39, 0.29) is 0 Å². The molecular weight excluding hydrogens is 204 g/mol. The molecule has 0 amide bonds. The van der Waals surface area contributed by atoms with Gasteiger partial charge >= 0.3 is 0 Å². The minimum Gasteiger partial charge on any atom is -0.465 e. The lowest BCUT2D eigenvalue weighted by atomic mass is 10.3. The number of hydrogen-bond donors (Lipinski definition) is 1. The van der Waals surface area contributed by atoms with Crippen LogP contribution in [0, 0.1) is 6.92 Å². The van der Waals surface area contributed by atoms with E-state index >= 15 is 0 Å². The summed E-state index contributed by atoms with van der Waals surface area (Å²) in [5, 5.41) is 7.17. The summed E-state index contributed by atoms with van der Waals surface area (Å²) < 4.78 is 10.6. The predicted octanol–water partition coefficient (Wildman–Crippen LogP) is 2.43. The third-order valence-corrected chi connectivity index (χ3v) is 2.36. The van der Waals surface area contributed by atoms with Gasteiger partial charge in [0.05, 0.1) is 18.8 Å². The summed E-state index contributed by atoms with van der Waals surface area (Å²) in [7, 11) is 0. The predicted molar refractivity (Wildman–Crippen MR) is 59.9 cm³/mol. The largest absolute Gasteiger partial charge is 0.465 e. The second-order valence-electron chi connectivity index (χ2n) is 3.75. The van der Waals surface area contributed by atoms with Crippen molar-refractivity contribution in [3.05, 3.63) is 41.2 Å². The average molecular weight is 220 g/mol. The van der Waals surface area contributed by atoms with Crippen LogP contribution in [0.4, 0.5) is 0 Å². The average Bonchev–Trinajstić information content (AvgIpc) is 2.88. The minimum atomic E-state index is 0.673. The molecule has 0 bridgehead atoms. The van der Waals surface area contributed by atoms with Gasteiger partial charge in [-0.05, 0) is 25.5 Å². The molecule has 0 aromatic carbocycles. The highest BCUT2D eigenvalue weighted by Gasteiger charge is 2.03. The van der Waals surface area contributed by atoms with Gasteiger partial charge in [-0.15, -0.1) is 0 Å². The number of rotatable bonds is 5. The zero-order chi connectivity index (χ0) is 11.4. The number of hydrogen-bond acceptors (Lipinski definition) is 4. The zero-order valence-electron chi connectivity index (χ0n) is 9.62. The molecule has 2 aromatic heterocycles. The molecule has 2 aromatic rings. The third-order valence-electron chi connectivity index (χ3n) is 2.36. The van der Waals surface area contributed by atoms with E-state index in [9.17, 15) is 0 Å². The quantitative estimate of drug-likeness (QED) is 0.840. The van der Waals surface area contributed by atoms with Crippen LogP contribution in [-0.4, -0.2) is 5.16 Å². The van der Waals surface area contributed by atoms with Crippen LogP contribution in [0.5, 0.6) is 0 Å². The van der Waals surface area contributed by atoms with Crippen molar-refractivity contribution in [3.8, 4) is 0 Å². The van der Waals surface area contributed by atoms with Crippen molar-refractivity contribution in [1.82, 2.24) is 10.5 Å². The molecule has 0 radical (unpaired) electrons. The van der Waals surface area contributed by atoms with Crippen LogP contribution >= 0.6 is 0 Å². The fourth-order valence-electron chi connectivity index (χ4n) is 1.49. The lowest BCUT2D eigenvalue weighted by Crippen LogP contribution is -2.11. The summed E-state index contributed by atoms with van der Waals surface area (Å²) in [6.07, 6.45) is 0.904. The van der Waals surface area contributed by atoms with Crippen molar-refractivity contribution in [1.29, 1.82) is 0 Å². The highest BCUT2D eigenvalue weighted by molar-refractivity contribution is 5.07. The molecule has 0 aliphatic rings. The van der Waals surface area contributed by atoms with Gasteiger partial charge in [-0.1, -0.05) is 12.1 Å². The smallest absolute Gasteiger partial charge is 0.150 e. The lowest BCUT2D eigenvalue weighted by Gasteiger charge is -1.98. The Morgan fingerprint density at radius 1 is 1.25 bits per heavy atom. The molecule has 0 aliphatic carbocycles. The van der Waals surface area contributed by atoms with E-state index in [2.05, 4.69) is 17.4 Å². The molecule has 2 heterocycles. The van der Waals surface area contributed by atoms with Gasteiger partial charge in [-0.25, -0.2) is 0 Å². The first-order valence-electron chi connectivity index (χ1n) is 5.48. The number of aryl methyl sites for hydroxylation is 2. The van der Waals surface area contributed by atoms with Crippen molar-refractivity contribution >= 4 is 0 Å². The Morgan fingerprint density at radius 3 is 2.69 bits per heavy atom. The Labute approximate surface area is 94.6 Å². The molecule has 0 saturated carbocycles. The minimum absolute atomic E-state index is 0.673. The molecule has 86 valence electrons. The van der Waals surface area contributed by atoms with Crippen LogP contribution in [0.2, 0.25) is 0 Å². The van der Waals surface area contributed by atoms with Crippen molar-refractivity contribution < 1.29 is 8.94 Å². The first-order chi connectivity index (χ1) is 7.78. The maximum atomic E-state index is 5.44. The maximum absolute atomic E-state index is 5.44. The standard InChI is InChI=1S/C12H16N2O2/c1-3-10-6-12(16-14-10)8-13-7-11-5-4-9(2)15-11/h4-6,13H,3,7-8H2,1-2H3. The second-order valence-corrected chi connectivity index (χ2v) is 3.75. The number of aromatic nitrogens is 1. The Morgan fingerprint density at radius 2 is 2.06 bits per heavy atom. The highest BCUT2D eigenvalue weighted by atomic mass is 16.5. The van der Waals surface area contributed by atoms with Crippen molar-refractivity contribution in [2.45, 2.75) is 33.4 Å². The molecule has 0 spiro atoms. The normalized spacial score (nSPS) is 10.9. The van der Waals surface area contributed by atoms with E-state index in [0.29, 0.717) is 13.1 Å². The Kier molecular flexibility index (Phi) is 3.41. The molecule has 0 saturated heterocycles. The topological polar surface area (TPSA) is 51.2 Å². The van der Waals surface area contributed by atoms with Crippen LogP contribution < -0.4 is 5.32 Å². The summed E-state index contributed by atoms with van der Waals surface area (Å²) in [6, 6.07) is 5.90. The monoisotopic (exact) mass is 220 g/mol. The summed E-state index contributed by atoms with van der Waals surface area (Å²) in [6.45, 7) is 5.37. The molecule has 4 nitrogen and oxygen atoms in total. The van der Waals surface area contributed by atoms with Crippen LogP contribution in [-0.2, 0) is 19.5 Å². The maximum Gasteiger partial charge on any atom is 0.150 e. The molecular formula is C12H16N2O2. The summed E-state index contributed by atoms with van der Waals surface area (Å²) in [5.74, 6) is 2.73. The molecule has 2 rings (SSSR count). The van der Waals surface area contributed by atoms with Gasteiger partial charge in [0.2, 0.25) is 0 Å².